The van der Waals surface area contributed by atoms with Gasteiger partial charge in [-0.2, -0.15) is 0 Å². The molecule has 0 unspecified atom stereocenters. The molecule has 1 aliphatic heterocycles. The summed E-state index contributed by atoms with van der Waals surface area (Å²) in [6.07, 6.45) is 3.42. The van der Waals surface area contributed by atoms with Gasteiger partial charge in [-0.15, -0.1) is 0 Å². The van der Waals surface area contributed by atoms with E-state index in [1.807, 2.05) is 61.5 Å². The Kier molecular flexibility index (Phi) is 8.52. The van der Waals surface area contributed by atoms with Crippen molar-refractivity contribution in [3.63, 3.8) is 0 Å². The molecule has 0 aromatic heterocycles. The Morgan fingerprint density at radius 1 is 1.02 bits per heavy atom. The number of benzene rings is 3. The number of carbonyl (C=O) groups excluding carboxylic acids is 2. The molecule has 6 rings (SSSR count). The third-order valence-electron chi connectivity index (χ3n) is 8.30. The first-order valence-electron chi connectivity index (χ1n) is 14.3. The maximum Gasteiger partial charge on any atom is 0.410 e. The zero-order chi connectivity index (χ0) is 29.2. The molecular weight excluding hydrogens is 614 g/mol. The van der Waals surface area contributed by atoms with E-state index in [2.05, 4.69) is 44.4 Å². The van der Waals surface area contributed by atoms with Crippen LogP contribution in [-0.2, 0) is 29.0 Å². The molecule has 8 heteroatoms. The molecule has 1 heterocycles. The Hall–Kier alpha value is -3.39. The highest BCUT2D eigenvalue weighted by atomic mass is 79.9. The van der Waals surface area contributed by atoms with Crippen LogP contribution in [-0.4, -0.2) is 60.6 Å². The minimum Gasteiger partial charge on any atom is -0.445 e. The molecule has 1 atom stereocenters. The highest BCUT2D eigenvalue weighted by molar-refractivity contribution is 9.10. The molecule has 3 aromatic carbocycles. The maximum atomic E-state index is 13.7. The van der Waals surface area contributed by atoms with Crippen molar-refractivity contribution >= 4 is 51.2 Å². The minimum atomic E-state index is -0.282. The molecule has 2 amide bonds. The predicted octanol–water partition coefficient (Wildman–Crippen LogP) is 6.51. The fraction of sp³-hybridized carbons (Fsp3) is 0.294. The molecule has 2 aliphatic carbocycles. The van der Waals surface area contributed by atoms with E-state index in [-0.39, 0.29) is 24.6 Å². The fourth-order valence-corrected chi connectivity index (χ4v) is 6.74. The molecule has 6 nitrogen and oxygen atoms in total. The Morgan fingerprint density at radius 3 is 2.67 bits per heavy atom. The number of ether oxygens (including phenoxy) is 1. The van der Waals surface area contributed by atoms with Gasteiger partial charge in [-0.25, -0.2) is 4.79 Å². The van der Waals surface area contributed by atoms with E-state index in [9.17, 15) is 9.59 Å². The van der Waals surface area contributed by atoms with Crippen molar-refractivity contribution in [3.05, 3.63) is 115 Å². The number of fused-ring (bicyclic) bond motifs is 2. The Morgan fingerprint density at radius 2 is 1.86 bits per heavy atom. The van der Waals surface area contributed by atoms with Crippen LogP contribution in [0.25, 0.3) is 11.6 Å². The van der Waals surface area contributed by atoms with Gasteiger partial charge in [-0.3, -0.25) is 9.69 Å². The highest BCUT2D eigenvalue weighted by Gasteiger charge is 2.31. The molecule has 1 N–H and O–H groups in total. The third-order valence-corrected chi connectivity index (χ3v) is 9.03. The summed E-state index contributed by atoms with van der Waals surface area (Å²) in [7, 11) is 0. The lowest BCUT2D eigenvalue weighted by molar-refractivity contribution is -0.115. The van der Waals surface area contributed by atoms with Gasteiger partial charge in [0, 0.05) is 48.3 Å². The first-order valence-corrected chi connectivity index (χ1v) is 15.5. The first-order chi connectivity index (χ1) is 20.4. The second kappa shape index (κ2) is 12.5. The number of hydrogen-bond acceptors (Lipinski definition) is 4. The highest BCUT2D eigenvalue weighted by Crippen LogP contribution is 2.42. The van der Waals surface area contributed by atoms with Crippen LogP contribution in [0.4, 0.5) is 4.79 Å². The third kappa shape index (κ3) is 6.19. The Balaban J connectivity index is 1.07. The fourth-order valence-electron chi connectivity index (χ4n) is 6.15. The molecule has 1 fully saturated rings. The average molecular weight is 647 g/mol. The number of carbonyl (C=O) groups is 2. The predicted molar refractivity (Wildman–Crippen MR) is 170 cm³/mol. The van der Waals surface area contributed by atoms with Crippen LogP contribution >= 0.6 is 27.5 Å². The van der Waals surface area contributed by atoms with Crippen LogP contribution in [0.2, 0.25) is 5.02 Å². The van der Waals surface area contributed by atoms with Crippen LogP contribution in [0.5, 0.6) is 0 Å². The number of halogens is 2. The van der Waals surface area contributed by atoms with E-state index < -0.39 is 0 Å². The van der Waals surface area contributed by atoms with Gasteiger partial charge < -0.3 is 15.0 Å². The normalized spacial score (nSPS) is 18.0. The van der Waals surface area contributed by atoms with E-state index >= 15 is 0 Å². The van der Waals surface area contributed by atoms with Crippen LogP contribution in [0.1, 0.15) is 34.7 Å². The van der Waals surface area contributed by atoms with Crippen LogP contribution in [0, 0.1) is 0 Å². The maximum absolute atomic E-state index is 13.7. The SMILES string of the molecule is C[C@@H]1CN(CCNC(=O)C2=C(C3=Cc4cc(Cl)ccc4C3)Cc3cc(Br)ccc32)CCN1C(=O)OCc1ccccc1. The molecule has 3 aliphatic rings. The Bertz CT molecular complexity index is 1590. The number of nitrogens with one attached hydrogen (secondary N) is 1. The summed E-state index contributed by atoms with van der Waals surface area (Å²) in [6.45, 7) is 5.62. The zero-order valence-electron chi connectivity index (χ0n) is 23.5. The number of piperazine rings is 1. The van der Waals surface area contributed by atoms with Gasteiger partial charge in [-0.1, -0.05) is 76.1 Å². The van der Waals surface area contributed by atoms with Crippen molar-refractivity contribution in [2.45, 2.75) is 32.4 Å². The number of rotatable bonds is 7. The monoisotopic (exact) mass is 645 g/mol. The van der Waals surface area contributed by atoms with Crippen LogP contribution < -0.4 is 5.32 Å². The van der Waals surface area contributed by atoms with E-state index in [1.165, 1.54) is 11.1 Å². The van der Waals surface area contributed by atoms with E-state index in [0.29, 0.717) is 19.6 Å². The summed E-state index contributed by atoms with van der Waals surface area (Å²) in [5, 5.41) is 3.91. The molecule has 216 valence electrons. The lowest BCUT2D eigenvalue weighted by atomic mass is 9.98. The summed E-state index contributed by atoms with van der Waals surface area (Å²) in [4.78, 5) is 30.5. The molecule has 0 saturated carbocycles. The minimum absolute atomic E-state index is 0.0247. The van der Waals surface area contributed by atoms with Gasteiger partial charge >= 0.3 is 6.09 Å². The van der Waals surface area contributed by atoms with Gasteiger partial charge in [0.05, 0.1) is 5.57 Å². The van der Waals surface area contributed by atoms with Crippen LogP contribution in [0.3, 0.4) is 0 Å². The number of nitrogens with zero attached hydrogens (tertiary/aromatic N) is 2. The van der Waals surface area contributed by atoms with Crippen molar-refractivity contribution in [1.29, 1.82) is 0 Å². The van der Waals surface area contributed by atoms with Gasteiger partial charge in [0.15, 0.2) is 0 Å². The van der Waals surface area contributed by atoms with Gasteiger partial charge in [0.1, 0.15) is 6.61 Å². The summed E-state index contributed by atoms with van der Waals surface area (Å²) < 4.78 is 6.56. The smallest absolute Gasteiger partial charge is 0.410 e. The molecular formula is C34H33BrClN3O3. The number of amides is 2. The standard InChI is InChI=1S/C34H33BrClN3O3/c1-22-20-38(13-14-39(22)34(41)42-21-23-5-3-2-4-6-23)12-11-37-33(40)32-30-10-8-28(35)17-27(30)19-31(32)26-15-24-7-9-29(36)18-25(24)16-26/h2-10,16-18,22H,11-15,19-21H2,1H3,(H,37,40)/t22-/m1/s1. The zero-order valence-corrected chi connectivity index (χ0v) is 25.9. The summed E-state index contributed by atoms with van der Waals surface area (Å²) >= 11 is 9.84. The molecule has 0 spiro atoms. The molecule has 0 bridgehead atoms. The molecule has 42 heavy (non-hydrogen) atoms. The second-order valence-electron chi connectivity index (χ2n) is 11.2. The van der Waals surface area contributed by atoms with Gasteiger partial charge in [0.2, 0.25) is 0 Å². The summed E-state index contributed by atoms with van der Waals surface area (Å²) in [6, 6.07) is 21.9. The van der Waals surface area contributed by atoms with Gasteiger partial charge in [0.25, 0.3) is 5.91 Å². The number of hydrogen-bond donors (Lipinski definition) is 1. The van der Waals surface area contributed by atoms with E-state index in [0.717, 1.165) is 68.8 Å². The average Bonchev–Trinajstić information content (AvgIpc) is 3.57. The second-order valence-corrected chi connectivity index (χ2v) is 12.5. The number of allylic oxidation sites excluding steroid dienone is 2. The Labute approximate surface area is 260 Å². The summed E-state index contributed by atoms with van der Waals surface area (Å²) in [5.41, 5.74) is 8.51. The van der Waals surface area contributed by atoms with E-state index in [1.54, 1.807) is 4.90 Å². The largest absolute Gasteiger partial charge is 0.445 e. The van der Waals surface area contributed by atoms with Crippen LogP contribution in [0.15, 0.2) is 82.3 Å². The molecule has 0 radical (unpaired) electrons. The topological polar surface area (TPSA) is 61.9 Å². The van der Waals surface area contributed by atoms with Crippen molar-refractivity contribution in [1.82, 2.24) is 15.1 Å². The quantitative estimate of drug-likeness (QED) is 0.318. The molecule has 3 aromatic rings. The molecule has 1 saturated heterocycles. The van der Waals surface area contributed by atoms with Crippen molar-refractivity contribution in [2.75, 3.05) is 32.7 Å². The first kappa shape index (κ1) is 28.7. The summed E-state index contributed by atoms with van der Waals surface area (Å²) in [5.74, 6) is -0.0443. The van der Waals surface area contributed by atoms with E-state index in [4.69, 9.17) is 16.3 Å². The lowest BCUT2D eigenvalue weighted by Crippen LogP contribution is -2.55. The van der Waals surface area contributed by atoms with Gasteiger partial charge in [-0.05, 0) is 83.0 Å². The van der Waals surface area contributed by atoms with Crippen molar-refractivity contribution < 1.29 is 14.3 Å². The lowest BCUT2D eigenvalue weighted by Gasteiger charge is -2.39. The van der Waals surface area contributed by atoms with Crippen molar-refractivity contribution in [2.24, 2.45) is 0 Å². The van der Waals surface area contributed by atoms with Crippen molar-refractivity contribution in [3.8, 4) is 0 Å².